The van der Waals surface area contributed by atoms with E-state index >= 15 is 0 Å². The normalized spacial score (nSPS) is 10.1. The molecule has 0 unspecified atom stereocenters. The first kappa shape index (κ1) is 14.1. The molecule has 0 aliphatic carbocycles. The van der Waals surface area contributed by atoms with Gasteiger partial charge in [0, 0.05) is 29.5 Å². The Morgan fingerprint density at radius 2 is 1.85 bits per heavy atom. The monoisotopic (exact) mass is 288 g/mol. The van der Waals surface area contributed by atoms with E-state index in [1.165, 1.54) is 4.90 Å². The topological polar surface area (TPSA) is 63.4 Å². The Morgan fingerprint density at radius 3 is 2.45 bits per heavy atom. The maximum Gasteiger partial charge on any atom is 0.213 e. The van der Waals surface area contributed by atoms with E-state index in [2.05, 4.69) is 0 Å². The third kappa shape index (κ3) is 2.81. The van der Waals surface area contributed by atoms with E-state index in [9.17, 15) is 9.59 Å². The molecule has 0 saturated carbocycles. The Bertz CT molecular complexity index is 653. The molecule has 1 amide bonds. The molecule has 0 atom stereocenters. The lowest BCUT2D eigenvalue weighted by molar-refractivity contribution is -0.107. The second-order valence-corrected chi connectivity index (χ2v) is 4.74. The highest BCUT2D eigenvalue weighted by atomic mass is 35.5. The van der Waals surface area contributed by atoms with Crippen molar-refractivity contribution < 1.29 is 9.59 Å². The van der Waals surface area contributed by atoms with Crippen molar-refractivity contribution in [3.8, 4) is 0 Å². The van der Waals surface area contributed by atoms with Gasteiger partial charge in [0.25, 0.3) is 0 Å². The van der Waals surface area contributed by atoms with Gasteiger partial charge in [-0.1, -0.05) is 11.6 Å². The minimum atomic E-state index is -0.206. The van der Waals surface area contributed by atoms with E-state index in [1.807, 2.05) is 0 Å². The van der Waals surface area contributed by atoms with Crippen molar-refractivity contribution in [3.05, 3.63) is 58.6 Å². The second kappa shape index (κ2) is 5.75. The molecule has 0 bridgehead atoms. The Morgan fingerprint density at radius 1 is 1.20 bits per heavy atom. The summed E-state index contributed by atoms with van der Waals surface area (Å²) in [6, 6.07) is 11.5. The zero-order chi connectivity index (χ0) is 14.7. The SMILES string of the molecule is CN(C=O)c1ccc(C(=O)c2cc(N)ccc2Cl)cc1. The van der Waals surface area contributed by atoms with E-state index in [-0.39, 0.29) is 5.78 Å². The number of amides is 1. The Labute approximate surface area is 121 Å². The fraction of sp³-hybridized carbons (Fsp3) is 0.0667. The van der Waals surface area contributed by atoms with Crippen molar-refractivity contribution in [2.45, 2.75) is 0 Å². The summed E-state index contributed by atoms with van der Waals surface area (Å²) in [7, 11) is 1.64. The Kier molecular flexibility index (Phi) is 4.05. The van der Waals surface area contributed by atoms with Crippen LogP contribution in [0.1, 0.15) is 15.9 Å². The molecule has 0 radical (unpaired) electrons. The number of rotatable bonds is 4. The largest absolute Gasteiger partial charge is 0.399 e. The molecule has 2 N–H and O–H groups in total. The van der Waals surface area contributed by atoms with E-state index < -0.39 is 0 Å². The summed E-state index contributed by atoms with van der Waals surface area (Å²) in [5, 5.41) is 0.360. The van der Waals surface area contributed by atoms with Crippen molar-refractivity contribution in [1.29, 1.82) is 0 Å². The van der Waals surface area contributed by atoms with E-state index in [0.29, 0.717) is 33.9 Å². The van der Waals surface area contributed by atoms with Gasteiger partial charge >= 0.3 is 0 Å². The van der Waals surface area contributed by atoms with Crippen LogP contribution < -0.4 is 10.6 Å². The van der Waals surface area contributed by atoms with Crippen molar-refractivity contribution in [3.63, 3.8) is 0 Å². The van der Waals surface area contributed by atoms with Gasteiger partial charge in [-0.25, -0.2) is 0 Å². The molecule has 4 nitrogen and oxygen atoms in total. The number of halogens is 1. The van der Waals surface area contributed by atoms with Crippen molar-refractivity contribution in [1.82, 2.24) is 0 Å². The van der Waals surface area contributed by atoms with Crippen molar-refractivity contribution >= 4 is 35.2 Å². The molecule has 5 heteroatoms. The molecule has 0 saturated heterocycles. The fourth-order valence-electron chi connectivity index (χ4n) is 1.78. The molecule has 0 aliphatic heterocycles. The number of ketones is 1. The van der Waals surface area contributed by atoms with Crippen molar-refractivity contribution in [2.24, 2.45) is 0 Å². The summed E-state index contributed by atoms with van der Waals surface area (Å²) < 4.78 is 0. The molecule has 0 spiro atoms. The third-order valence-electron chi connectivity index (χ3n) is 2.93. The van der Waals surface area contributed by atoms with E-state index in [4.69, 9.17) is 17.3 Å². The summed E-state index contributed by atoms with van der Waals surface area (Å²) in [6.45, 7) is 0. The number of nitrogens with two attached hydrogens (primary N) is 1. The maximum atomic E-state index is 12.3. The number of nitrogen functional groups attached to an aromatic ring is 1. The second-order valence-electron chi connectivity index (χ2n) is 4.33. The molecule has 102 valence electrons. The molecule has 0 heterocycles. The summed E-state index contributed by atoms with van der Waals surface area (Å²) in [5.41, 5.74) is 7.70. The Hall–Kier alpha value is -2.33. The van der Waals surface area contributed by atoms with Crippen LogP contribution in [0.4, 0.5) is 11.4 Å². The average molecular weight is 289 g/mol. The minimum Gasteiger partial charge on any atom is -0.399 e. The predicted octanol–water partition coefficient (Wildman–Crippen LogP) is 2.75. The molecule has 2 aromatic rings. The minimum absolute atomic E-state index is 0.206. The van der Waals surface area contributed by atoms with Gasteiger partial charge in [-0.15, -0.1) is 0 Å². The van der Waals surface area contributed by atoms with Gasteiger partial charge in [0.1, 0.15) is 0 Å². The summed E-state index contributed by atoms with van der Waals surface area (Å²) >= 11 is 6.01. The number of hydrogen-bond donors (Lipinski definition) is 1. The summed E-state index contributed by atoms with van der Waals surface area (Å²) in [5.74, 6) is -0.206. The van der Waals surface area contributed by atoms with Crippen LogP contribution in [0.25, 0.3) is 0 Å². The van der Waals surface area contributed by atoms with Gasteiger partial charge in [-0.2, -0.15) is 0 Å². The van der Waals surface area contributed by atoms with Crippen LogP contribution in [0.15, 0.2) is 42.5 Å². The van der Waals surface area contributed by atoms with E-state index in [1.54, 1.807) is 49.5 Å². The quantitative estimate of drug-likeness (QED) is 0.534. The third-order valence-corrected chi connectivity index (χ3v) is 3.26. The lowest BCUT2D eigenvalue weighted by atomic mass is 10.0. The highest BCUT2D eigenvalue weighted by Gasteiger charge is 2.13. The molecular formula is C15H13ClN2O2. The number of carbonyl (C=O) groups excluding carboxylic acids is 2. The number of benzene rings is 2. The lowest BCUT2D eigenvalue weighted by Gasteiger charge is -2.11. The molecule has 2 aromatic carbocycles. The van der Waals surface area contributed by atoms with Crippen molar-refractivity contribution in [2.75, 3.05) is 17.7 Å². The first-order valence-electron chi connectivity index (χ1n) is 5.91. The lowest BCUT2D eigenvalue weighted by Crippen LogP contribution is -2.13. The number of anilines is 2. The van der Waals surface area contributed by atoms with Gasteiger partial charge in [-0.05, 0) is 42.5 Å². The molecule has 0 aliphatic rings. The first-order valence-corrected chi connectivity index (χ1v) is 6.28. The Balaban J connectivity index is 2.34. The van der Waals surface area contributed by atoms with Crippen LogP contribution >= 0.6 is 11.6 Å². The number of carbonyl (C=O) groups is 2. The van der Waals surface area contributed by atoms with Gasteiger partial charge in [0.15, 0.2) is 5.78 Å². The first-order chi connectivity index (χ1) is 9.52. The molecule has 0 aromatic heterocycles. The standard InChI is InChI=1S/C15H13ClN2O2/c1-18(9-19)12-5-2-10(3-6-12)15(20)13-8-11(17)4-7-14(13)16/h2-9H,17H2,1H3. The zero-order valence-electron chi connectivity index (χ0n) is 10.8. The van der Waals surface area contributed by atoms with Crippen LogP contribution in [0, 0.1) is 0 Å². The van der Waals surface area contributed by atoms with Gasteiger partial charge < -0.3 is 10.6 Å². The van der Waals surface area contributed by atoms with Crippen LogP contribution in [-0.2, 0) is 4.79 Å². The smallest absolute Gasteiger partial charge is 0.213 e. The van der Waals surface area contributed by atoms with Crippen LogP contribution in [0.3, 0.4) is 0 Å². The van der Waals surface area contributed by atoms with Gasteiger partial charge in [0.05, 0.1) is 5.02 Å². The predicted molar refractivity (Wildman–Crippen MR) is 80.2 cm³/mol. The summed E-state index contributed by atoms with van der Waals surface area (Å²) in [4.78, 5) is 24.4. The van der Waals surface area contributed by atoms with Gasteiger partial charge in [-0.3, -0.25) is 9.59 Å². The van der Waals surface area contributed by atoms with E-state index in [0.717, 1.165) is 0 Å². The molecular weight excluding hydrogens is 276 g/mol. The molecule has 2 rings (SSSR count). The molecule has 0 fully saturated rings. The van der Waals surface area contributed by atoms with Crippen LogP contribution in [0.5, 0.6) is 0 Å². The van der Waals surface area contributed by atoms with Gasteiger partial charge in [0.2, 0.25) is 6.41 Å². The zero-order valence-corrected chi connectivity index (χ0v) is 11.6. The maximum absolute atomic E-state index is 12.3. The number of nitrogens with zero attached hydrogens (tertiary/aromatic N) is 1. The summed E-state index contributed by atoms with van der Waals surface area (Å²) in [6.07, 6.45) is 0.700. The van der Waals surface area contributed by atoms with Crippen LogP contribution in [-0.4, -0.2) is 19.2 Å². The highest BCUT2D eigenvalue weighted by Crippen LogP contribution is 2.23. The highest BCUT2D eigenvalue weighted by molar-refractivity contribution is 6.35. The number of hydrogen-bond acceptors (Lipinski definition) is 3. The molecule has 20 heavy (non-hydrogen) atoms. The van der Waals surface area contributed by atoms with Crippen LogP contribution in [0.2, 0.25) is 5.02 Å². The average Bonchev–Trinajstić information content (AvgIpc) is 2.48. The fourth-order valence-corrected chi connectivity index (χ4v) is 1.98.